The summed E-state index contributed by atoms with van der Waals surface area (Å²) in [5.74, 6) is 0.513. The highest BCUT2D eigenvalue weighted by atomic mass is 16.5. The fourth-order valence-electron chi connectivity index (χ4n) is 5.78. The van der Waals surface area contributed by atoms with Crippen LogP contribution in [0.25, 0.3) is 11.0 Å². The predicted molar refractivity (Wildman–Crippen MR) is 121 cm³/mol. The lowest BCUT2D eigenvalue weighted by molar-refractivity contribution is -0.787. The Morgan fingerprint density at radius 2 is 1.81 bits per heavy atom. The van der Waals surface area contributed by atoms with Crippen molar-refractivity contribution in [2.24, 2.45) is 0 Å². The highest BCUT2D eigenvalue weighted by Gasteiger charge is 2.42. The molecule has 2 aromatic rings. The first-order chi connectivity index (χ1) is 14.4. The summed E-state index contributed by atoms with van der Waals surface area (Å²) < 4.78 is 11.8. The molecule has 1 atom stereocenters. The molecular formula is C25H35N2O4+. The van der Waals surface area contributed by atoms with Gasteiger partial charge in [0.05, 0.1) is 16.5 Å². The third kappa shape index (κ3) is 4.49. The molecule has 31 heavy (non-hydrogen) atoms. The Bertz CT molecular complexity index is 1070. The van der Waals surface area contributed by atoms with Gasteiger partial charge in [0, 0.05) is 24.4 Å². The molecule has 0 bridgehead atoms. The van der Waals surface area contributed by atoms with Gasteiger partial charge in [0.1, 0.15) is 11.3 Å². The Balaban J connectivity index is 1.57. The molecule has 6 heteroatoms. The molecule has 0 spiro atoms. The Kier molecular flexibility index (Phi) is 5.41. The van der Waals surface area contributed by atoms with Crippen LogP contribution in [-0.2, 0) is 17.6 Å². The molecule has 168 valence electrons. The lowest BCUT2D eigenvalue weighted by Crippen LogP contribution is -3.06. The van der Waals surface area contributed by atoms with Crippen LogP contribution >= 0.6 is 0 Å². The summed E-state index contributed by atoms with van der Waals surface area (Å²) in [6.07, 6.45) is 3.70. The van der Waals surface area contributed by atoms with Gasteiger partial charge in [-0.15, -0.1) is 0 Å². The quantitative estimate of drug-likeness (QED) is 0.735. The van der Waals surface area contributed by atoms with Crippen molar-refractivity contribution < 1.29 is 19.3 Å². The molecule has 4 rings (SSSR count). The molecule has 6 nitrogen and oxygen atoms in total. The van der Waals surface area contributed by atoms with E-state index in [0.717, 1.165) is 54.2 Å². The summed E-state index contributed by atoms with van der Waals surface area (Å²) in [5, 5.41) is 6.46. The van der Waals surface area contributed by atoms with E-state index in [9.17, 15) is 9.59 Å². The minimum absolute atomic E-state index is 0.0780. The molecule has 1 aromatic carbocycles. The summed E-state index contributed by atoms with van der Waals surface area (Å²) in [6.45, 7) is 12.6. The van der Waals surface area contributed by atoms with E-state index in [1.54, 1.807) is 6.92 Å². The zero-order chi connectivity index (χ0) is 22.6. The Hall–Kier alpha value is -2.34. The number of quaternary nitrogens is 1. The van der Waals surface area contributed by atoms with E-state index in [0.29, 0.717) is 11.3 Å². The van der Waals surface area contributed by atoms with Gasteiger partial charge in [-0.2, -0.15) is 0 Å². The summed E-state index contributed by atoms with van der Waals surface area (Å²) in [5.41, 5.74) is 3.15. The number of hydrogen-bond donors (Lipinski definition) is 2. The molecule has 1 aromatic heterocycles. The average molecular weight is 428 g/mol. The van der Waals surface area contributed by atoms with Gasteiger partial charge in [0.2, 0.25) is 0 Å². The van der Waals surface area contributed by atoms with Crippen molar-refractivity contribution in [3.05, 3.63) is 39.2 Å². The standard InChI is InChI=1S/C25H34N2O4/c1-14-10-19(21-17-8-7-9-18(17)23(29)31-20(21)11-14)30-15(2)22(28)26-16-12-24(3,4)27-25(5,6)13-16/h10-11,15-16,27H,7-9,12-13H2,1-6H3,(H,26,28)/p+1/t15-/m1/s1. The van der Waals surface area contributed by atoms with Crippen molar-refractivity contribution in [1.82, 2.24) is 5.32 Å². The molecule has 0 radical (unpaired) electrons. The second-order valence-electron chi connectivity index (χ2n) is 10.8. The fraction of sp³-hybridized carbons (Fsp3) is 0.600. The summed E-state index contributed by atoms with van der Waals surface area (Å²) >= 11 is 0. The fourth-order valence-corrected chi connectivity index (χ4v) is 5.78. The molecule has 0 unspecified atom stereocenters. The van der Waals surface area contributed by atoms with Gasteiger partial charge in [0.25, 0.3) is 5.91 Å². The lowest BCUT2D eigenvalue weighted by Gasteiger charge is -2.43. The molecule has 0 saturated carbocycles. The Labute approximate surface area is 183 Å². The minimum atomic E-state index is -0.647. The zero-order valence-corrected chi connectivity index (χ0v) is 19.6. The van der Waals surface area contributed by atoms with Crippen LogP contribution in [0.5, 0.6) is 5.75 Å². The van der Waals surface area contributed by atoms with E-state index in [-0.39, 0.29) is 28.7 Å². The van der Waals surface area contributed by atoms with E-state index < -0.39 is 6.10 Å². The van der Waals surface area contributed by atoms with Crippen molar-refractivity contribution >= 4 is 16.9 Å². The van der Waals surface area contributed by atoms with Crippen LogP contribution in [-0.4, -0.2) is 29.1 Å². The maximum absolute atomic E-state index is 13.0. The molecule has 1 aliphatic heterocycles. The highest BCUT2D eigenvalue weighted by Crippen LogP contribution is 2.35. The van der Waals surface area contributed by atoms with E-state index in [1.165, 1.54) is 0 Å². The maximum Gasteiger partial charge on any atom is 0.339 e. The van der Waals surface area contributed by atoms with Gasteiger partial charge < -0.3 is 19.8 Å². The minimum Gasteiger partial charge on any atom is -0.480 e. The number of carbonyl (C=O) groups is 1. The van der Waals surface area contributed by atoms with Crippen molar-refractivity contribution in [3.63, 3.8) is 0 Å². The topological polar surface area (TPSA) is 85.1 Å². The number of rotatable bonds is 4. The predicted octanol–water partition coefficient (Wildman–Crippen LogP) is 2.76. The van der Waals surface area contributed by atoms with Gasteiger partial charge >= 0.3 is 5.63 Å². The van der Waals surface area contributed by atoms with Crippen LogP contribution in [0, 0.1) is 6.92 Å². The summed E-state index contributed by atoms with van der Waals surface area (Å²) in [4.78, 5) is 25.4. The lowest BCUT2D eigenvalue weighted by atomic mass is 9.79. The smallest absolute Gasteiger partial charge is 0.339 e. The van der Waals surface area contributed by atoms with Crippen LogP contribution < -0.4 is 21.0 Å². The van der Waals surface area contributed by atoms with Gasteiger partial charge in [-0.3, -0.25) is 4.79 Å². The van der Waals surface area contributed by atoms with Crippen LogP contribution in [0.3, 0.4) is 0 Å². The Morgan fingerprint density at radius 3 is 2.48 bits per heavy atom. The average Bonchev–Trinajstić information content (AvgIpc) is 3.08. The number of carbonyl (C=O) groups excluding carboxylic acids is 1. The van der Waals surface area contributed by atoms with Crippen molar-refractivity contribution in [2.75, 3.05) is 0 Å². The van der Waals surface area contributed by atoms with E-state index in [1.807, 2.05) is 19.1 Å². The largest absolute Gasteiger partial charge is 0.480 e. The van der Waals surface area contributed by atoms with E-state index >= 15 is 0 Å². The van der Waals surface area contributed by atoms with Crippen LogP contribution in [0.1, 0.15) is 70.6 Å². The molecular weight excluding hydrogens is 392 g/mol. The maximum atomic E-state index is 13.0. The normalized spacial score (nSPS) is 21.0. The third-order valence-corrected chi connectivity index (χ3v) is 6.52. The molecule has 2 aliphatic rings. The number of fused-ring (bicyclic) bond motifs is 3. The molecule has 1 saturated heterocycles. The monoisotopic (exact) mass is 427 g/mol. The number of benzene rings is 1. The first-order valence-electron chi connectivity index (χ1n) is 11.4. The molecule has 3 N–H and O–H groups in total. The number of ether oxygens (including phenoxy) is 1. The number of amides is 1. The van der Waals surface area contributed by atoms with Gasteiger partial charge in [-0.25, -0.2) is 4.79 Å². The number of piperidine rings is 1. The zero-order valence-electron chi connectivity index (χ0n) is 19.6. The van der Waals surface area contributed by atoms with Gasteiger partial charge in [-0.1, -0.05) is 0 Å². The second-order valence-corrected chi connectivity index (χ2v) is 10.8. The van der Waals surface area contributed by atoms with Crippen molar-refractivity contribution in [2.45, 2.75) is 96.9 Å². The van der Waals surface area contributed by atoms with Crippen LogP contribution in [0.15, 0.2) is 21.3 Å². The Morgan fingerprint density at radius 1 is 1.16 bits per heavy atom. The molecule has 1 aliphatic carbocycles. The first-order valence-corrected chi connectivity index (χ1v) is 11.4. The number of nitrogens with one attached hydrogen (secondary N) is 1. The SMILES string of the molecule is Cc1cc(O[C@H](C)C(=O)NC2CC(C)(C)[NH2+]C(C)(C)C2)c2c3c(c(=O)oc2c1)CCC3. The van der Waals surface area contributed by atoms with Crippen molar-refractivity contribution in [3.8, 4) is 5.75 Å². The summed E-state index contributed by atoms with van der Waals surface area (Å²) in [7, 11) is 0. The van der Waals surface area contributed by atoms with Crippen LogP contribution in [0.2, 0.25) is 0 Å². The second kappa shape index (κ2) is 7.66. The summed E-state index contributed by atoms with van der Waals surface area (Å²) in [6, 6.07) is 3.92. The number of aryl methyl sites for hydroxylation is 2. The highest BCUT2D eigenvalue weighted by molar-refractivity contribution is 5.89. The van der Waals surface area contributed by atoms with Gasteiger partial charge in [0.15, 0.2) is 6.10 Å². The van der Waals surface area contributed by atoms with Crippen LogP contribution in [0.4, 0.5) is 0 Å². The molecule has 1 fully saturated rings. The van der Waals surface area contributed by atoms with E-state index in [4.69, 9.17) is 9.15 Å². The molecule has 1 amide bonds. The number of hydrogen-bond acceptors (Lipinski definition) is 4. The van der Waals surface area contributed by atoms with Crippen molar-refractivity contribution in [1.29, 1.82) is 0 Å². The third-order valence-electron chi connectivity index (χ3n) is 6.52. The molecule has 2 heterocycles. The van der Waals surface area contributed by atoms with Gasteiger partial charge in [-0.05, 0) is 84.1 Å². The van der Waals surface area contributed by atoms with E-state index in [2.05, 4.69) is 38.3 Å². The first kappa shape index (κ1) is 21.9. The number of nitrogens with two attached hydrogens (primary N) is 1.